The Balaban J connectivity index is 1.95. The zero-order valence-corrected chi connectivity index (χ0v) is 15.4. The van der Waals surface area contributed by atoms with Gasteiger partial charge in [-0.3, -0.25) is 9.69 Å². The van der Waals surface area contributed by atoms with Gasteiger partial charge in [-0.15, -0.1) is 0 Å². The van der Waals surface area contributed by atoms with E-state index in [-0.39, 0.29) is 18.0 Å². The van der Waals surface area contributed by atoms with Gasteiger partial charge in [0.2, 0.25) is 0 Å². The van der Waals surface area contributed by atoms with Crippen LogP contribution in [0.1, 0.15) is 24.5 Å². The Labute approximate surface area is 160 Å². The third-order valence-corrected chi connectivity index (χ3v) is 4.55. The molecule has 1 aliphatic heterocycles. The Morgan fingerprint density at radius 2 is 2.00 bits per heavy atom. The summed E-state index contributed by atoms with van der Waals surface area (Å²) in [6, 6.07) is 8.90. The highest BCUT2D eigenvalue weighted by Gasteiger charge is 2.43. The number of anilines is 1. The summed E-state index contributed by atoms with van der Waals surface area (Å²) in [7, 11) is 0. The fourth-order valence-corrected chi connectivity index (χ4v) is 3.06. The quantitative estimate of drug-likeness (QED) is 0.598. The molecule has 9 nitrogen and oxygen atoms in total. The molecular formula is C19H19N3O6. The van der Waals surface area contributed by atoms with Crippen LogP contribution in [0.2, 0.25) is 0 Å². The summed E-state index contributed by atoms with van der Waals surface area (Å²) in [5.41, 5.74) is 2.01. The number of hydrogen-bond donors (Lipinski definition) is 1. The number of carbonyl (C=O) groups excluding carboxylic acids is 1. The summed E-state index contributed by atoms with van der Waals surface area (Å²) in [5, 5.41) is 20.8. The van der Waals surface area contributed by atoms with Crippen molar-refractivity contribution < 1.29 is 24.4 Å². The van der Waals surface area contributed by atoms with E-state index in [1.165, 1.54) is 13.0 Å². The van der Waals surface area contributed by atoms with Crippen LogP contribution >= 0.6 is 0 Å². The van der Waals surface area contributed by atoms with Gasteiger partial charge in [0.25, 0.3) is 11.7 Å². The van der Waals surface area contributed by atoms with E-state index in [2.05, 4.69) is 4.98 Å². The van der Waals surface area contributed by atoms with Crippen molar-refractivity contribution in [2.45, 2.75) is 38.8 Å². The number of hydrogen-bond acceptors (Lipinski definition) is 6. The number of carboxylic acid groups (broad SMARTS) is 1. The van der Waals surface area contributed by atoms with Gasteiger partial charge in [-0.1, -0.05) is 29.8 Å². The summed E-state index contributed by atoms with van der Waals surface area (Å²) in [6.07, 6.45) is -0.377. The van der Waals surface area contributed by atoms with Gasteiger partial charge in [0.05, 0.1) is 0 Å². The molecule has 1 aromatic carbocycles. The SMILES string of the molecule is Cc1ccc(CCC(C(=O)O)N2C(=O)C(C)Oc3ccc([N+](=O)[O-])nc32)cc1. The molecule has 0 bridgehead atoms. The summed E-state index contributed by atoms with van der Waals surface area (Å²) in [4.78, 5) is 39.9. The topological polar surface area (TPSA) is 123 Å². The average molecular weight is 385 g/mol. The molecule has 0 aliphatic carbocycles. The Morgan fingerprint density at radius 3 is 2.61 bits per heavy atom. The van der Waals surface area contributed by atoms with Crippen LogP contribution in [-0.4, -0.2) is 39.0 Å². The minimum absolute atomic E-state index is 0.126. The predicted molar refractivity (Wildman–Crippen MR) is 99.4 cm³/mol. The molecule has 146 valence electrons. The molecule has 2 heterocycles. The van der Waals surface area contributed by atoms with Crippen molar-refractivity contribution in [3.8, 4) is 5.75 Å². The van der Waals surface area contributed by atoms with E-state index in [0.717, 1.165) is 22.1 Å². The van der Waals surface area contributed by atoms with Crippen molar-refractivity contribution in [2.75, 3.05) is 4.90 Å². The molecule has 2 atom stereocenters. The van der Waals surface area contributed by atoms with Crippen LogP contribution in [0, 0.1) is 17.0 Å². The highest BCUT2D eigenvalue weighted by atomic mass is 16.6. The maximum atomic E-state index is 12.7. The lowest BCUT2D eigenvalue weighted by atomic mass is 10.0. The van der Waals surface area contributed by atoms with Crippen molar-refractivity contribution in [1.29, 1.82) is 0 Å². The van der Waals surface area contributed by atoms with Crippen LogP contribution in [0.15, 0.2) is 36.4 Å². The van der Waals surface area contributed by atoms with Gasteiger partial charge < -0.3 is 20.0 Å². The van der Waals surface area contributed by atoms with Crippen molar-refractivity contribution in [3.63, 3.8) is 0 Å². The number of fused-ring (bicyclic) bond motifs is 1. The molecule has 0 spiro atoms. The minimum atomic E-state index is -1.23. The van der Waals surface area contributed by atoms with Crippen molar-refractivity contribution >= 4 is 23.5 Å². The van der Waals surface area contributed by atoms with Gasteiger partial charge in [0.15, 0.2) is 11.9 Å². The number of ether oxygens (including phenoxy) is 1. The van der Waals surface area contributed by atoms with Crippen LogP contribution in [0.3, 0.4) is 0 Å². The first kappa shape index (κ1) is 19.3. The molecule has 0 saturated carbocycles. The number of benzene rings is 1. The van der Waals surface area contributed by atoms with Gasteiger partial charge in [-0.25, -0.2) is 4.79 Å². The number of carbonyl (C=O) groups is 2. The number of aromatic nitrogens is 1. The summed E-state index contributed by atoms with van der Waals surface area (Å²) in [6.45, 7) is 3.45. The number of amides is 1. The molecule has 0 fully saturated rings. The second kappa shape index (κ2) is 7.63. The number of aliphatic carboxylic acids is 1. The number of pyridine rings is 1. The lowest BCUT2D eigenvalue weighted by molar-refractivity contribution is -0.389. The highest BCUT2D eigenvalue weighted by molar-refractivity contribution is 6.03. The average Bonchev–Trinajstić information content (AvgIpc) is 2.65. The Kier molecular flexibility index (Phi) is 5.25. The molecule has 2 unspecified atom stereocenters. The van der Waals surface area contributed by atoms with E-state index in [0.29, 0.717) is 6.42 Å². The molecule has 0 radical (unpaired) electrons. The molecule has 9 heteroatoms. The third-order valence-electron chi connectivity index (χ3n) is 4.55. The highest BCUT2D eigenvalue weighted by Crippen LogP contribution is 2.36. The fourth-order valence-electron chi connectivity index (χ4n) is 3.06. The van der Waals surface area contributed by atoms with E-state index >= 15 is 0 Å². The normalized spacial score (nSPS) is 16.9. The molecular weight excluding hydrogens is 366 g/mol. The second-order valence-electron chi connectivity index (χ2n) is 6.59. The first-order valence-electron chi connectivity index (χ1n) is 8.71. The largest absolute Gasteiger partial charge is 0.480 e. The predicted octanol–water partition coefficient (Wildman–Crippen LogP) is 2.50. The summed E-state index contributed by atoms with van der Waals surface area (Å²) in [5.74, 6) is -2.31. The van der Waals surface area contributed by atoms with E-state index < -0.39 is 34.8 Å². The molecule has 1 aliphatic rings. The molecule has 1 N–H and O–H groups in total. The zero-order chi connectivity index (χ0) is 20.4. The lowest BCUT2D eigenvalue weighted by Crippen LogP contribution is -2.53. The standard InChI is InChI=1S/C19H19N3O6/c1-11-3-5-13(6-4-11)7-8-14(19(24)25)21-17-15(28-12(2)18(21)23)9-10-16(20-17)22(26)27/h3-6,9-10,12,14H,7-8H2,1-2H3,(H,24,25). The Hall–Kier alpha value is -3.49. The number of nitrogens with zero attached hydrogens (tertiary/aromatic N) is 3. The van der Waals surface area contributed by atoms with E-state index in [1.54, 1.807) is 0 Å². The van der Waals surface area contributed by atoms with Crippen LogP contribution in [0.25, 0.3) is 0 Å². The number of rotatable bonds is 6. The van der Waals surface area contributed by atoms with Crippen molar-refractivity contribution in [1.82, 2.24) is 4.98 Å². The van der Waals surface area contributed by atoms with Crippen molar-refractivity contribution in [2.24, 2.45) is 0 Å². The molecule has 28 heavy (non-hydrogen) atoms. The molecule has 1 aromatic heterocycles. The van der Waals surface area contributed by atoms with Crippen LogP contribution in [0.5, 0.6) is 5.75 Å². The van der Waals surface area contributed by atoms with Crippen molar-refractivity contribution in [3.05, 3.63) is 57.6 Å². The lowest BCUT2D eigenvalue weighted by Gasteiger charge is -2.33. The maximum Gasteiger partial charge on any atom is 0.366 e. The van der Waals surface area contributed by atoms with Gasteiger partial charge in [-0.05, 0) is 48.2 Å². The molecule has 2 aromatic rings. The Morgan fingerprint density at radius 1 is 1.32 bits per heavy atom. The zero-order valence-electron chi connectivity index (χ0n) is 15.4. The summed E-state index contributed by atoms with van der Waals surface area (Å²) >= 11 is 0. The van der Waals surface area contributed by atoms with Crippen LogP contribution in [-0.2, 0) is 16.0 Å². The first-order chi connectivity index (χ1) is 13.3. The maximum absolute atomic E-state index is 12.7. The smallest absolute Gasteiger partial charge is 0.366 e. The number of carboxylic acids is 1. The van der Waals surface area contributed by atoms with Gasteiger partial charge in [0.1, 0.15) is 6.04 Å². The van der Waals surface area contributed by atoms with Gasteiger partial charge >= 0.3 is 11.8 Å². The minimum Gasteiger partial charge on any atom is -0.480 e. The fraction of sp³-hybridized carbons (Fsp3) is 0.316. The van der Waals surface area contributed by atoms with E-state index in [9.17, 15) is 24.8 Å². The van der Waals surface area contributed by atoms with Crippen LogP contribution in [0.4, 0.5) is 11.6 Å². The molecule has 3 rings (SSSR count). The van der Waals surface area contributed by atoms with Crippen LogP contribution < -0.4 is 9.64 Å². The number of aryl methyl sites for hydroxylation is 2. The monoisotopic (exact) mass is 385 g/mol. The van der Waals surface area contributed by atoms with E-state index in [1.807, 2.05) is 31.2 Å². The Bertz CT molecular complexity index is 928. The second-order valence-corrected chi connectivity index (χ2v) is 6.59. The van der Waals surface area contributed by atoms with Gasteiger partial charge in [-0.2, -0.15) is 0 Å². The summed E-state index contributed by atoms with van der Waals surface area (Å²) < 4.78 is 5.45. The van der Waals surface area contributed by atoms with E-state index in [4.69, 9.17) is 4.74 Å². The molecule has 1 amide bonds. The first-order valence-corrected chi connectivity index (χ1v) is 8.71. The third kappa shape index (κ3) is 3.78. The van der Waals surface area contributed by atoms with Gasteiger partial charge in [0, 0.05) is 6.07 Å². The molecule has 0 saturated heterocycles. The number of nitro groups is 1.